The van der Waals surface area contributed by atoms with E-state index in [2.05, 4.69) is 6.92 Å². The molecular weight excluding hydrogens is 324 g/mol. The van der Waals surface area contributed by atoms with Crippen molar-refractivity contribution >= 4 is 10.1 Å². The van der Waals surface area contributed by atoms with Crippen LogP contribution in [0.2, 0.25) is 0 Å². The van der Waals surface area contributed by atoms with Gasteiger partial charge in [0, 0.05) is 0 Å². The molecule has 138 valence electrons. The van der Waals surface area contributed by atoms with Crippen LogP contribution in [0.3, 0.4) is 0 Å². The van der Waals surface area contributed by atoms with Crippen molar-refractivity contribution in [1.29, 1.82) is 0 Å². The van der Waals surface area contributed by atoms with Crippen LogP contribution in [0.5, 0.6) is 5.75 Å². The summed E-state index contributed by atoms with van der Waals surface area (Å²) in [7, 11) is -4.36. The molecule has 0 radical (unpaired) electrons. The van der Waals surface area contributed by atoms with Gasteiger partial charge in [-0.1, -0.05) is 77.2 Å². The third-order valence-corrected chi connectivity index (χ3v) is 5.25. The molecular formula is C19H32O4S. The Hall–Kier alpha value is -1.07. The first-order valence-corrected chi connectivity index (χ1v) is 10.7. The summed E-state index contributed by atoms with van der Waals surface area (Å²) in [6.07, 6.45) is 14.7. The molecule has 4 nitrogen and oxygen atoms in total. The number of aromatic hydroxyl groups is 1. The van der Waals surface area contributed by atoms with Crippen molar-refractivity contribution in [2.45, 2.75) is 88.9 Å². The summed E-state index contributed by atoms with van der Waals surface area (Å²) in [5.74, 6) is -0.403. The summed E-state index contributed by atoms with van der Waals surface area (Å²) in [5, 5.41) is 9.49. The number of hydrogen-bond donors (Lipinski definition) is 2. The molecule has 1 aromatic rings. The van der Waals surface area contributed by atoms with E-state index < -0.39 is 20.8 Å². The van der Waals surface area contributed by atoms with Gasteiger partial charge in [0.05, 0.1) is 0 Å². The molecule has 0 saturated heterocycles. The second kappa shape index (κ2) is 11.5. The van der Waals surface area contributed by atoms with Gasteiger partial charge >= 0.3 is 0 Å². The maximum absolute atomic E-state index is 11.2. The Labute approximate surface area is 147 Å². The van der Waals surface area contributed by atoms with Gasteiger partial charge in [-0.3, -0.25) is 4.55 Å². The average molecular weight is 357 g/mol. The van der Waals surface area contributed by atoms with Gasteiger partial charge in [-0.05, 0) is 30.5 Å². The van der Waals surface area contributed by atoms with Crippen LogP contribution < -0.4 is 0 Å². The monoisotopic (exact) mass is 356 g/mol. The average Bonchev–Trinajstić information content (AvgIpc) is 2.53. The molecule has 2 N–H and O–H groups in total. The lowest BCUT2D eigenvalue weighted by atomic mass is 10.0. The van der Waals surface area contributed by atoms with Crippen molar-refractivity contribution in [2.24, 2.45) is 0 Å². The zero-order valence-corrected chi connectivity index (χ0v) is 15.7. The van der Waals surface area contributed by atoms with Crippen LogP contribution in [0.15, 0.2) is 23.1 Å². The molecule has 0 fully saturated rings. The molecule has 1 aromatic carbocycles. The summed E-state index contributed by atoms with van der Waals surface area (Å²) in [4.78, 5) is -0.400. The fourth-order valence-electron chi connectivity index (χ4n) is 2.91. The van der Waals surface area contributed by atoms with Gasteiger partial charge in [-0.15, -0.1) is 0 Å². The number of hydrogen-bond acceptors (Lipinski definition) is 3. The Morgan fingerprint density at radius 2 is 1.33 bits per heavy atom. The predicted molar refractivity (Wildman–Crippen MR) is 98.1 cm³/mol. The van der Waals surface area contributed by atoms with Crippen molar-refractivity contribution in [3.05, 3.63) is 23.8 Å². The second-order valence-corrected chi connectivity index (χ2v) is 7.95. The zero-order valence-electron chi connectivity index (χ0n) is 14.8. The van der Waals surface area contributed by atoms with Crippen molar-refractivity contribution in [1.82, 2.24) is 0 Å². The molecule has 24 heavy (non-hydrogen) atoms. The van der Waals surface area contributed by atoms with E-state index >= 15 is 0 Å². The largest absolute Gasteiger partial charge is 0.506 e. The van der Waals surface area contributed by atoms with Crippen molar-refractivity contribution in [2.75, 3.05) is 0 Å². The third-order valence-electron chi connectivity index (χ3n) is 4.37. The lowest BCUT2D eigenvalue weighted by Crippen LogP contribution is -2.00. The van der Waals surface area contributed by atoms with E-state index in [1.165, 1.54) is 69.9 Å². The van der Waals surface area contributed by atoms with E-state index in [4.69, 9.17) is 4.55 Å². The molecule has 0 atom stereocenters. The summed E-state index contributed by atoms with van der Waals surface area (Å²) < 4.78 is 31.4. The van der Waals surface area contributed by atoms with Gasteiger partial charge in [0.2, 0.25) is 0 Å². The quantitative estimate of drug-likeness (QED) is 0.362. The lowest BCUT2D eigenvalue weighted by Gasteiger charge is -2.06. The Balaban J connectivity index is 2.14. The van der Waals surface area contributed by atoms with Crippen LogP contribution in [0.4, 0.5) is 0 Å². The number of phenolic OH excluding ortho intramolecular Hbond substituents is 1. The maximum atomic E-state index is 11.2. The highest BCUT2D eigenvalue weighted by atomic mass is 32.2. The van der Waals surface area contributed by atoms with Gasteiger partial charge < -0.3 is 5.11 Å². The van der Waals surface area contributed by atoms with Crippen LogP contribution in [-0.2, 0) is 16.5 Å². The van der Waals surface area contributed by atoms with E-state index in [0.717, 1.165) is 24.8 Å². The highest BCUT2D eigenvalue weighted by Crippen LogP contribution is 2.24. The van der Waals surface area contributed by atoms with Gasteiger partial charge in [0.1, 0.15) is 10.6 Å². The van der Waals surface area contributed by atoms with E-state index in [1.54, 1.807) is 6.07 Å². The van der Waals surface area contributed by atoms with Gasteiger partial charge in [0.25, 0.3) is 10.1 Å². The summed E-state index contributed by atoms with van der Waals surface area (Å²) in [5.41, 5.74) is 0.830. The van der Waals surface area contributed by atoms with E-state index in [0.29, 0.717) is 0 Å². The molecule has 5 heteroatoms. The molecule has 0 spiro atoms. The van der Waals surface area contributed by atoms with Crippen LogP contribution >= 0.6 is 0 Å². The SMILES string of the molecule is CCCCCCCCCCCCCc1ccc(O)c(S(=O)(=O)O)c1. The zero-order chi connectivity index (χ0) is 17.8. The molecule has 0 aliphatic carbocycles. The smallest absolute Gasteiger partial charge is 0.298 e. The van der Waals surface area contributed by atoms with Crippen LogP contribution in [0, 0.1) is 0 Å². The highest BCUT2D eigenvalue weighted by Gasteiger charge is 2.15. The minimum absolute atomic E-state index is 0.400. The third kappa shape index (κ3) is 8.69. The second-order valence-electron chi connectivity index (χ2n) is 6.56. The minimum atomic E-state index is -4.36. The fraction of sp³-hybridized carbons (Fsp3) is 0.684. The van der Waals surface area contributed by atoms with Gasteiger partial charge in [-0.2, -0.15) is 8.42 Å². The first-order valence-electron chi connectivity index (χ1n) is 9.24. The molecule has 0 bridgehead atoms. The molecule has 0 aliphatic rings. The summed E-state index contributed by atoms with van der Waals surface area (Å²) in [6.45, 7) is 2.24. The molecule has 0 unspecified atom stereocenters. The molecule has 0 aliphatic heterocycles. The van der Waals surface area contributed by atoms with Crippen molar-refractivity contribution in [3.8, 4) is 5.75 Å². The number of benzene rings is 1. The Morgan fingerprint density at radius 1 is 0.833 bits per heavy atom. The Bertz CT molecular complexity index is 567. The van der Waals surface area contributed by atoms with E-state index in [9.17, 15) is 13.5 Å². The minimum Gasteiger partial charge on any atom is -0.506 e. The summed E-state index contributed by atoms with van der Waals surface area (Å²) in [6, 6.07) is 4.40. The fourth-order valence-corrected chi connectivity index (χ4v) is 3.55. The van der Waals surface area contributed by atoms with Crippen LogP contribution in [-0.4, -0.2) is 18.1 Å². The first kappa shape index (κ1) is 21.0. The predicted octanol–water partition coefficient (Wildman–Crippen LogP) is 5.49. The van der Waals surface area contributed by atoms with Gasteiger partial charge in [-0.25, -0.2) is 0 Å². The number of rotatable bonds is 13. The lowest BCUT2D eigenvalue weighted by molar-refractivity contribution is 0.442. The van der Waals surface area contributed by atoms with Crippen LogP contribution in [0.25, 0.3) is 0 Å². The Morgan fingerprint density at radius 3 is 1.83 bits per heavy atom. The molecule has 0 heterocycles. The summed E-state index contributed by atoms with van der Waals surface area (Å²) >= 11 is 0. The number of unbranched alkanes of at least 4 members (excludes halogenated alkanes) is 10. The normalized spacial score (nSPS) is 11.8. The van der Waals surface area contributed by atoms with E-state index in [1.807, 2.05) is 0 Å². The molecule has 0 aromatic heterocycles. The van der Waals surface area contributed by atoms with Crippen molar-refractivity contribution in [3.63, 3.8) is 0 Å². The van der Waals surface area contributed by atoms with E-state index in [-0.39, 0.29) is 0 Å². The number of aryl methyl sites for hydroxylation is 1. The standard InChI is InChI=1S/C19H32O4S/c1-2-3-4-5-6-7-8-9-10-11-12-13-17-14-15-18(20)19(16-17)24(21,22)23/h14-16,20H,2-13H2,1H3,(H,21,22,23). The van der Waals surface area contributed by atoms with Gasteiger partial charge in [0.15, 0.2) is 0 Å². The Kier molecular flexibility index (Phi) is 10.0. The number of phenols is 1. The molecule has 0 amide bonds. The first-order chi connectivity index (χ1) is 11.4. The topological polar surface area (TPSA) is 74.6 Å². The maximum Gasteiger partial charge on any atom is 0.298 e. The molecule has 0 saturated carbocycles. The van der Waals surface area contributed by atoms with Crippen LogP contribution in [0.1, 0.15) is 83.1 Å². The highest BCUT2D eigenvalue weighted by molar-refractivity contribution is 7.86. The van der Waals surface area contributed by atoms with Crippen molar-refractivity contribution < 1.29 is 18.1 Å². The molecule has 1 rings (SSSR count).